The van der Waals surface area contributed by atoms with Gasteiger partial charge in [-0.05, 0) is 65.5 Å². The molecular weight excluding hydrogens is 368 g/mol. The van der Waals surface area contributed by atoms with Gasteiger partial charge in [-0.3, -0.25) is 0 Å². The Balaban J connectivity index is 1.92. The number of fused-ring (bicyclic) bond motifs is 1. The van der Waals surface area contributed by atoms with Crippen molar-refractivity contribution in [2.24, 2.45) is 0 Å². The minimum Gasteiger partial charge on any atom is -0.356 e. The van der Waals surface area contributed by atoms with Crippen molar-refractivity contribution < 1.29 is 0 Å². The summed E-state index contributed by atoms with van der Waals surface area (Å²) in [6, 6.07) is 4.81. The van der Waals surface area contributed by atoms with Crippen molar-refractivity contribution in [1.29, 1.82) is 0 Å². The molecule has 0 N–H and O–H groups in total. The van der Waals surface area contributed by atoms with Gasteiger partial charge in [0, 0.05) is 36.1 Å². The maximum absolute atomic E-state index is 5.15. The molecule has 1 aliphatic heterocycles. The highest BCUT2D eigenvalue weighted by Gasteiger charge is 2.27. The molecule has 4 nitrogen and oxygen atoms in total. The molecule has 2 heterocycles. The van der Waals surface area contributed by atoms with Gasteiger partial charge in [0.2, 0.25) is 5.95 Å². The molecule has 30 heavy (non-hydrogen) atoms. The Labute approximate surface area is 183 Å². The Bertz CT molecular complexity index is 849. The molecule has 0 bridgehead atoms. The number of hydrogen-bond acceptors (Lipinski definition) is 4. The van der Waals surface area contributed by atoms with Crippen LogP contribution in [0, 0.1) is 27.7 Å². The van der Waals surface area contributed by atoms with Gasteiger partial charge in [-0.25, -0.2) is 4.98 Å². The van der Waals surface area contributed by atoms with Crippen molar-refractivity contribution >= 4 is 17.5 Å². The molecule has 4 heteroatoms. The van der Waals surface area contributed by atoms with Crippen molar-refractivity contribution in [2.75, 3.05) is 22.9 Å². The molecule has 0 saturated heterocycles. The van der Waals surface area contributed by atoms with Crippen LogP contribution in [0.25, 0.3) is 0 Å². The highest BCUT2D eigenvalue weighted by molar-refractivity contribution is 5.69. The molecule has 1 aliphatic rings. The van der Waals surface area contributed by atoms with Crippen LogP contribution >= 0.6 is 0 Å². The fourth-order valence-electron chi connectivity index (χ4n) is 4.85. The first-order chi connectivity index (χ1) is 14.3. The highest BCUT2D eigenvalue weighted by Crippen LogP contribution is 2.36. The van der Waals surface area contributed by atoms with Crippen LogP contribution in [0.5, 0.6) is 0 Å². The number of aromatic nitrogens is 2. The van der Waals surface area contributed by atoms with E-state index < -0.39 is 0 Å². The minimum absolute atomic E-state index is 0.284. The van der Waals surface area contributed by atoms with E-state index in [2.05, 4.69) is 70.4 Å². The van der Waals surface area contributed by atoms with Crippen LogP contribution in [-0.4, -0.2) is 29.1 Å². The van der Waals surface area contributed by atoms with Crippen LogP contribution in [0.4, 0.5) is 17.5 Å². The maximum atomic E-state index is 5.15. The van der Waals surface area contributed by atoms with Gasteiger partial charge in [0.05, 0.1) is 0 Å². The second kappa shape index (κ2) is 9.80. The quantitative estimate of drug-likeness (QED) is 0.438. The summed E-state index contributed by atoms with van der Waals surface area (Å²) < 4.78 is 0. The van der Waals surface area contributed by atoms with E-state index in [9.17, 15) is 0 Å². The van der Waals surface area contributed by atoms with Gasteiger partial charge in [0.25, 0.3) is 0 Å². The van der Waals surface area contributed by atoms with Gasteiger partial charge >= 0.3 is 0 Å². The largest absolute Gasteiger partial charge is 0.356 e. The number of unbranched alkanes of at least 4 members (excludes halogenated alkanes) is 4. The fourth-order valence-corrected chi connectivity index (χ4v) is 4.85. The third-order valence-corrected chi connectivity index (χ3v) is 6.25. The summed E-state index contributed by atoms with van der Waals surface area (Å²) in [6.45, 7) is 17.6. The predicted octanol–water partition coefficient (Wildman–Crippen LogP) is 6.59. The van der Waals surface area contributed by atoms with Crippen LogP contribution in [0.3, 0.4) is 0 Å². The lowest BCUT2D eigenvalue weighted by Crippen LogP contribution is -2.30. The molecule has 0 saturated carbocycles. The number of aryl methyl sites for hydroxylation is 4. The van der Waals surface area contributed by atoms with Gasteiger partial charge < -0.3 is 9.80 Å². The topological polar surface area (TPSA) is 32.3 Å². The van der Waals surface area contributed by atoms with Crippen molar-refractivity contribution in [3.05, 3.63) is 40.1 Å². The SMILES string of the molecule is CCCCCCCN1CCc2c(C)nc(N(c3c(C)cc(C)cc3C)C(C)C)nc21. The van der Waals surface area contributed by atoms with E-state index in [1.54, 1.807) is 0 Å². The zero-order chi connectivity index (χ0) is 21.8. The summed E-state index contributed by atoms with van der Waals surface area (Å²) in [7, 11) is 0. The number of hydrogen-bond donors (Lipinski definition) is 0. The van der Waals surface area contributed by atoms with E-state index in [0.717, 1.165) is 31.2 Å². The summed E-state index contributed by atoms with van der Waals surface area (Å²) in [4.78, 5) is 15.0. The summed E-state index contributed by atoms with van der Waals surface area (Å²) >= 11 is 0. The second-order valence-electron chi connectivity index (χ2n) is 9.27. The molecule has 0 radical (unpaired) electrons. The van der Waals surface area contributed by atoms with Crippen LogP contribution in [-0.2, 0) is 6.42 Å². The Hall–Kier alpha value is -2.10. The fraction of sp³-hybridized carbons (Fsp3) is 0.615. The van der Waals surface area contributed by atoms with E-state index in [4.69, 9.17) is 9.97 Å². The number of benzene rings is 1. The third kappa shape index (κ3) is 4.79. The Morgan fingerprint density at radius 1 is 0.967 bits per heavy atom. The Morgan fingerprint density at radius 3 is 2.27 bits per heavy atom. The molecular formula is C26H40N4. The summed E-state index contributed by atoms with van der Waals surface area (Å²) in [6.07, 6.45) is 7.63. The normalized spacial score (nSPS) is 13.3. The smallest absolute Gasteiger partial charge is 0.232 e. The van der Waals surface area contributed by atoms with Crippen molar-refractivity contribution in [1.82, 2.24) is 9.97 Å². The van der Waals surface area contributed by atoms with E-state index in [0.29, 0.717) is 0 Å². The lowest BCUT2D eigenvalue weighted by atomic mass is 10.0. The first-order valence-electron chi connectivity index (χ1n) is 11.8. The molecule has 2 aromatic rings. The summed E-state index contributed by atoms with van der Waals surface area (Å²) in [5.74, 6) is 2.01. The molecule has 0 amide bonds. The molecule has 0 fully saturated rings. The van der Waals surface area contributed by atoms with E-state index in [-0.39, 0.29) is 6.04 Å². The lowest BCUT2D eigenvalue weighted by Gasteiger charge is -2.31. The Morgan fingerprint density at radius 2 is 1.63 bits per heavy atom. The molecule has 0 unspecified atom stereocenters. The zero-order valence-corrected chi connectivity index (χ0v) is 20.2. The van der Waals surface area contributed by atoms with Gasteiger partial charge in [-0.1, -0.05) is 50.3 Å². The average Bonchev–Trinajstić information content (AvgIpc) is 3.07. The van der Waals surface area contributed by atoms with Crippen LogP contribution in [0.1, 0.15) is 80.8 Å². The van der Waals surface area contributed by atoms with Gasteiger partial charge in [0.15, 0.2) is 0 Å². The molecule has 1 aromatic carbocycles. The summed E-state index contributed by atoms with van der Waals surface area (Å²) in [5.41, 5.74) is 7.60. The highest BCUT2D eigenvalue weighted by atomic mass is 15.3. The maximum Gasteiger partial charge on any atom is 0.232 e. The second-order valence-corrected chi connectivity index (χ2v) is 9.27. The van der Waals surface area contributed by atoms with Gasteiger partial charge in [-0.2, -0.15) is 4.98 Å². The molecule has 164 valence electrons. The first kappa shape index (κ1) is 22.6. The monoisotopic (exact) mass is 408 g/mol. The van der Waals surface area contributed by atoms with Crippen molar-refractivity contribution in [2.45, 2.75) is 93.0 Å². The van der Waals surface area contributed by atoms with Crippen molar-refractivity contribution in [3.8, 4) is 0 Å². The van der Waals surface area contributed by atoms with E-state index in [1.807, 2.05) is 0 Å². The molecule has 0 spiro atoms. The summed E-state index contributed by atoms with van der Waals surface area (Å²) in [5, 5.41) is 0. The molecule has 1 aromatic heterocycles. The van der Waals surface area contributed by atoms with Crippen LogP contribution in [0.15, 0.2) is 12.1 Å². The zero-order valence-electron chi connectivity index (χ0n) is 20.2. The molecule has 0 atom stereocenters. The standard InChI is InChI=1S/C26H40N4/c1-8-9-10-11-12-14-29-15-13-23-22(7)27-26(28-25(23)29)30(18(2)3)24-20(5)16-19(4)17-21(24)6/h16-18H,8-15H2,1-7H3. The first-order valence-corrected chi connectivity index (χ1v) is 11.8. The van der Waals surface area contributed by atoms with E-state index in [1.165, 1.54) is 65.9 Å². The Kier molecular flexibility index (Phi) is 7.38. The number of nitrogens with zero attached hydrogens (tertiary/aromatic N) is 4. The lowest BCUT2D eigenvalue weighted by molar-refractivity contribution is 0.621. The number of rotatable bonds is 9. The molecule has 0 aliphatic carbocycles. The van der Waals surface area contributed by atoms with Crippen LogP contribution < -0.4 is 9.80 Å². The number of anilines is 3. The third-order valence-electron chi connectivity index (χ3n) is 6.25. The van der Waals surface area contributed by atoms with Gasteiger partial charge in [-0.15, -0.1) is 0 Å². The predicted molar refractivity (Wildman–Crippen MR) is 129 cm³/mol. The van der Waals surface area contributed by atoms with Crippen LogP contribution in [0.2, 0.25) is 0 Å². The van der Waals surface area contributed by atoms with Crippen molar-refractivity contribution in [3.63, 3.8) is 0 Å². The minimum atomic E-state index is 0.284. The molecule has 3 rings (SSSR count). The van der Waals surface area contributed by atoms with Gasteiger partial charge in [0.1, 0.15) is 5.82 Å². The average molecular weight is 409 g/mol. The van der Waals surface area contributed by atoms with E-state index >= 15 is 0 Å².